The Kier molecular flexibility index (Phi) is 3.41. The Hall–Kier alpha value is -1.78. The van der Waals surface area contributed by atoms with Gasteiger partial charge in [-0.1, -0.05) is 18.2 Å². The van der Waals surface area contributed by atoms with E-state index in [2.05, 4.69) is 10.3 Å². The first-order valence-corrected chi connectivity index (χ1v) is 5.63. The van der Waals surface area contributed by atoms with Crippen LogP contribution in [0.25, 0.3) is 10.9 Å². The molecule has 1 aromatic heterocycles. The molecule has 0 unspecified atom stereocenters. The van der Waals surface area contributed by atoms with Crippen molar-refractivity contribution in [2.75, 3.05) is 11.9 Å². The maximum absolute atomic E-state index is 12.1. The van der Waals surface area contributed by atoms with Gasteiger partial charge in [0.05, 0.1) is 11.9 Å². The van der Waals surface area contributed by atoms with Crippen LogP contribution < -0.4 is 5.32 Å². The second-order valence-electron chi connectivity index (χ2n) is 4.14. The van der Waals surface area contributed by atoms with E-state index in [4.69, 9.17) is 0 Å². The molecule has 2 nitrogen and oxygen atoms in total. The molecule has 2 rings (SSSR count). The van der Waals surface area contributed by atoms with Crippen molar-refractivity contribution in [2.45, 2.75) is 19.5 Å². The van der Waals surface area contributed by atoms with Crippen molar-refractivity contribution in [3.05, 3.63) is 35.9 Å². The molecule has 1 N–H and O–H groups in total. The van der Waals surface area contributed by atoms with E-state index in [1.807, 2.05) is 37.3 Å². The van der Waals surface area contributed by atoms with Gasteiger partial charge in [0.2, 0.25) is 0 Å². The van der Waals surface area contributed by atoms with Gasteiger partial charge in [0.15, 0.2) is 0 Å². The lowest BCUT2D eigenvalue weighted by atomic mass is 10.1. The fourth-order valence-electron chi connectivity index (χ4n) is 1.72. The normalized spacial score (nSPS) is 11.8. The predicted molar refractivity (Wildman–Crippen MR) is 65.6 cm³/mol. The van der Waals surface area contributed by atoms with Gasteiger partial charge in [-0.2, -0.15) is 13.2 Å². The molecule has 0 aliphatic rings. The number of hydrogen-bond donors (Lipinski definition) is 1. The number of fused-ring (bicyclic) bond motifs is 1. The van der Waals surface area contributed by atoms with Crippen LogP contribution in [0.15, 0.2) is 30.3 Å². The number of rotatable bonds is 3. The van der Waals surface area contributed by atoms with Crippen molar-refractivity contribution in [2.24, 2.45) is 0 Å². The minimum atomic E-state index is -4.14. The highest BCUT2D eigenvalue weighted by Crippen LogP contribution is 2.22. The van der Waals surface area contributed by atoms with Crippen molar-refractivity contribution in [1.29, 1.82) is 0 Å². The minimum absolute atomic E-state index is 0.157. The number of hydrogen-bond acceptors (Lipinski definition) is 2. The maximum atomic E-state index is 12.1. The van der Waals surface area contributed by atoms with Gasteiger partial charge in [-0.15, -0.1) is 0 Å². The average Bonchev–Trinajstić information content (AvgIpc) is 2.28. The standard InChI is InChI=1S/C13H13F3N2/c1-9-8-10-4-2-3-5-11(10)18-12(9)17-7-6-13(14,15)16/h2-5,8H,6-7H2,1H3,(H,17,18). The Bertz CT molecular complexity index is 549. The van der Waals surface area contributed by atoms with Gasteiger partial charge in [0.25, 0.3) is 0 Å². The highest BCUT2D eigenvalue weighted by molar-refractivity contribution is 5.81. The number of aromatic nitrogens is 1. The van der Waals surface area contributed by atoms with Crippen molar-refractivity contribution < 1.29 is 13.2 Å². The van der Waals surface area contributed by atoms with Crippen molar-refractivity contribution in [3.8, 4) is 0 Å². The summed E-state index contributed by atoms with van der Waals surface area (Å²) in [5.74, 6) is 0.512. The molecule has 0 bridgehead atoms. The van der Waals surface area contributed by atoms with E-state index >= 15 is 0 Å². The number of alkyl halides is 3. The zero-order valence-electron chi connectivity index (χ0n) is 9.88. The molecular formula is C13H13F3N2. The van der Waals surface area contributed by atoms with E-state index in [1.54, 1.807) is 0 Å². The van der Waals surface area contributed by atoms with Gasteiger partial charge < -0.3 is 5.32 Å². The lowest BCUT2D eigenvalue weighted by Gasteiger charge is -2.11. The summed E-state index contributed by atoms with van der Waals surface area (Å²) in [6.45, 7) is 1.67. The van der Waals surface area contributed by atoms with Gasteiger partial charge in [-0.3, -0.25) is 0 Å². The number of pyridine rings is 1. The Morgan fingerprint density at radius 2 is 1.94 bits per heavy atom. The van der Waals surface area contributed by atoms with Crippen LogP contribution in [-0.4, -0.2) is 17.7 Å². The molecule has 0 atom stereocenters. The lowest BCUT2D eigenvalue weighted by molar-refractivity contribution is -0.131. The lowest BCUT2D eigenvalue weighted by Crippen LogP contribution is -2.15. The summed E-state index contributed by atoms with van der Waals surface area (Å²) in [7, 11) is 0. The number of nitrogens with zero attached hydrogens (tertiary/aromatic N) is 1. The van der Waals surface area contributed by atoms with Crippen molar-refractivity contribution in [3.63, 3.8) is 0 Å². The second-order valence-corrected chi connectivity index (χ2v) is 4.14. The van der Waals surface area contributed by atoms with Crippen LogP contribution in [0.5, 0.6) is 0 Å². The minimum Gasteiger partial charge on any atom is -0.369 e. The summed E-state index contributed by atoms with van der Waals surface area (Å²) in [4.78, 5) is 4.32. The van der Waals surface area contributed by atoms with Gasteiger partial charge in [0, 0.05) is 11.9 Å². The molecule has 0 spiro atoms. The molecule has 2 aromatic rings. The number of halogens is 3. The zero-order valence-corrected chi connectivity index (χ0v) is 9.88. The molecule has 18 heavy (non-hydrogen) atoms. The third-order valence-corrected chi connectivity index (χ3v) is 2.62. The largest absolute Gasteiger partial charge is 0.390 e. The zero-order chi connectivity index (χ0) is 13.2. The first-order chi connectivity index (χ1) is 8.46. The number of benzene rings is 1. The molecule has 0 radical (unpaired) electrons. The topological polar surface area (TPSA) is 24.9 Å². The number of aryl methyl sites for hydroxylation is 1. The molecule has 0 saturated carbocycles. The fourth-order valence-corrected chi connectivity index (χ4v) is 1.72. The SMILES string of the molecule is Cc1cc2ccccc2nc1NCCC(F)(F)F. The summed E-state index contributed by atoms with van der Waals surface area (Å²) in [6.07, 6.45) is -5.00. The first kappa shape index (κ1) is 12.7. The van der Waals surface area contributed by atoms with Gasteiger partial charge in [-0.05, 0) is 24.6 Å². The third-order valence-electron chi connectivity index (χ3n) is 2.62. The average molecular weight is 254 g/mol. The highest BCUT2D eigenvalue weighted by atomic mass is 19.4. The quantitative estimate of drug-likeness (QED) is 0.898. The van der Waals surface area contributed by atoms with Gasteiger partial charge in [0.1, 0.15) is 5.82 Å². The van der Waals surface area contributed by atoms with E-state index in [-0.39, 0.29) is 6.54 Å². The van der Waals surface area contributed by atoms with Gasteiger partial charge in [-0.25, -0.2) is 4.98 Å². The van der Waals surface area contributed by atoms with Gasteiger partial charge >= 0.3 is 6.18 Å². The number of para-hydroxylation sites is 1. The Labute approximate surface area is 103 Å². The molecule has 0 fully saturated rings. The van der Waals surface area contributed by atoms with E-state index < -0.39 is 12.6 Å². The molecule has 5 heteroatoms. The van der Waals surface area contributed by atoms with E-state index in [0.29, 0.717) is 5.82 Å². The van der Waals surface area contributed by atoms with E-state index in [0.717, 1.165) is 16.5 Å². The maximum Gasteiger partial charge on any atom is 0.390 e. The smallest absolute Gasteiger partial charge is 0.369 e. The van der Waals surface area contributed by atoms with Crippen molar-refractivity contribution >= 4 is 16.7 Å². The van der Waals surface area contributed by atoms with E-state index in [1.165, 1.54) is 0 Å². The Balaban J connectivity index is 2.15. The molecule has 0 amide bonds. The van der Waals surface area contributed by atoms with Crippen LogP contribution in [0, 0.1) is 6.92 Å². The van der Waals surface area contributed by atoms with Crippen LogP contribution in [0.1, 0.15) is 12.0 Å². The van der Waals surface area contributed by atoms with Crippen LogP contribution in [0.4, 0.5) is 19.0 Å². The highest BCUT2D eigenvalue weighted by Gasteiger charge is 2.26. The third kappa shape index (κ3) is 3.12. The molecule has 1 heterocycles. The van der Waals surface area contributed by atoms with Crippen LogP contribution in [-0.2, 0) is 0 Å². The summed E-state index contributed by atoms with van der Waals surface area (Å²) < 4.78 is 36.2. The van der Waals surface area contributed by atoms with E-state index in [9.17, 15) is 13.2 Å². The monoisotopic (exact) mass is 254 g/mol. The summed E-state index contributed by atoms with van der Waals surface area (Å²) in [6, 6.07) is 9.43. The van der Waals surface area contributed by atoms with Crippen molar-refractivity contribution in [1.82, 2.24) is 4.98 Å². The summed E-state index contributed by atoms with van der Waals surface area (Å²) in [5, 5.41) is 3.71. The summed E-state index contributed by atoms with van der Waals surface area (Å²) >= 11 is 0. The molecular weight excluding hydrogens is 241 g/mol. The van der Waals surface area contributed by atoms with Crippen LogP contribution in [0.3, 0.4) is 0 Å². The molecule has 96 valence electrons. The molecule has 0 aliphatic carbocycles. The predicted octanol–water partition coefficient (Wildman–Crippen LogP) is 3.91. The fraction of sp³-hybridized carbons (Fsp3) is 0.308. The molecule has 1 aromatic carbocycles. The number of anilines is 1. The Morgan fingerprint density at radius 1 is 1.22 bits per heavy atom. The van der Waals surface area contributed by atoms with Crippen LogP contribution in [0.2, 0.25) is 0 Å². The second kappa shape index (κ2) is 4.84. The number of nitrogens with one attached hydrogen (secondary N) is 1. The summed E-state index contributed by atoms with van der Waals surface area (Å²) in [5.41, 5.74) is 1.62. The van der Waals surface area contributed by atoms with Crippen LogP contribution >= 0.6 is 0 Å². The first-order valence-electron chi connectivity index (χ1n) is 5.63. The molecule has 0 saturated heterocycles. The molecule has 0 aliphatic heterocycles. The Morgan fingerprint density at radius 3 is 2.67 bits per heavy atom.